The summed E-state index contributed by atoms with van der Waals surface area (Å²) in [6, 6.07) is 9.77. The molecule has 4 rings (SSSR count). The summed E-state index contributed by atoms with van der Waals surface area (Å²) < 4.78 is 20.2. The van der Waals surface area contributed by atoms with Gasteiger partial charge >= 0.3 is 0 Å². The van der Waals surface area contributed by atoms with E-state index in [1.54, 1.807) is 35.7 Å². The van der Waals surface area contributed by atoms with Gasteiger partial charge in [-0.3, -0.25) is 4.79 Å². The molecule has 0 bridgehead atoms. The topological polar surface area (TPSA) is 51.2 Å². The summed E-state index contributed by atoms with van der Waals surface area (Å²) in [5, 5.41) is 5.87. The molecule has 0 atom stereocenters. The van der Waals surface area contributed by atoms with Crippen LogP contribution < -0.4 is 10.1 Å². The lowest BCUT2D eigenvalue weighted by Crippen LogP contribution is -2.25. The number of amides is 1. The molecule has 1 aliphatic carbocycles. The van der Waals surface area contributed by atoms with Gasteiger partial charge in [0.25, 0.3) is 5.91 Å². The smallest absolute Gasteiger partial charge is 0.270 e. The Hall–Kier alpha value is -2.15. The summed E-state index contributed by atoms with van der Waals surface area (Å²) in [6.07, 6.45) is 2.32. The lowest BCUT2D eigenvalue weighted by atomic mass is 10.2. The van der Waals surface area contributed by atoms with E-state index in [2.05, 4.69) is 10.3 Å². The number of hydrogen-bond donors (Lipinski definition) is 1. The zero-order valence-corrected chi connectivity index (χ0v) is 17.6. The third-order valence-corrected chi connectivity index (χ3v) is 6.16. The first-order chi connectivity index (χ1) is 14.0. The fourth-order valence-electron chi connectivity index (χ4n) is 2.71. The Balaban J connectivity index is 1.41. The molecule has 150 valence electrons. The second-order valence-corrected chi connectivity index (χ2v) is 8.54. The molecule has 29 heavy (non-hydrogen) atoms. The highest BCUT2D eigenvalue weighted by molar-refractivity contribution is 7.13. The van der Waals surface area contributed by atoms with Crippen LogP contribution in [0, 0.1) is 11.7 Å². The van der Waals surface area contributed by atoms with Gasteiger partial charge in [0, 0.05) is 23.6 Å². The molecule has 1 aliphatic rings. The number of nitrogens with zero attached hydrogens (tertiary/aromatic N) is 1. The highest BCUT2D eigenvalue weighted by Crippen LogP contribution is 2.30. The van der Waals surface area contributed by atoms with Crippen LogP contribution in [0.15, 0.2) is 41.8 Å². The van der Waals surface area contributed by atoms with Gasteiger partial charge in [0.1, 0.15) is 28.9 Å². The second-order valence-electron chi connectivity index (χ2n) is 6.87. The summed E-state index contributed by atoms with van der Waals surface area (Å²) in [5.41, 5.74) is 1.47. The Morgan fingerprint density at radius 3 is 2.76 bits per heavy atom. The van der Waals surface area contributed by atoms with E-state index in [1.165, 1.54) is 17.4 Å². The van der Waals surface area contributed by atoms with Crippen LogP contribution in [0.4, 0.5) is 4.39 Å². The van der Waals surface area contributed by atoms with Gasteiger partial charge in [0.15, 0.2) is 0 Å². The number of ether oxygens (including phenoxy) is 1. The first-order valence-corrected chi connectivity index (χ1v) is 10.7. The lowest BCUT2D eigenvalue weighted by Gasteiger charge is -2.08. The van der Waals surface area contributed by atoms with Gasteiger partial charge in [0.2, 0.25) is 0 Å². The van der Waals surface area contributed by atoms with Gasteiger partial charge in [-0.2, -0.15) is 0 Å². The van der Waals surface area contributed by atoms with Crippen LogP contribution in [-0.4, -0.2) is 17.4 Å². The monoisotopic (exact) mass is 450 g/mol. The first kappa shape index (κ1) is 20.1. The van der Waals surface area contributed by atoms with Gasteiger partial charge in [-0.15, -0.1) is 11.3 Å². The number of aromatic nitrogens is 1. The summed E-state index contributed by atoms with van der Waals surface area (Å²) in [4.78, 5) is 16.4. The van der Waals surface area contributed by atoms with E-state index >= 15 is 0 Å². The highest BCUT2D eigenvalue weighted by atomic mass is 35.5. The molecule has 1 N–H and O–H groups in total. The molecule has 2 aromatic carbocycles. The maximum absolute atomic E-state index is 14.6. The minimum absolute atomic E-state index is 0.221. The third kappa shape index (κ3) is 5.07. The number of thiazole rings is 1. The normalized spacial score (nSPS) is 13.3. The minimum atomic E-state index is -0.462. The standard InChI is InChI=1S/C21H17Cl2FN2O2S/c22-16-6-3-13(7-17(16)23)10-28-14-4-5-15(18(24)8-14)21-26-19(11-29-21)20(27)25-9-12-1-2-12/h3-8,11-12H,1-2,9-10H2,(H,25,27). The summed E-state index contributed by atoms with van der Waals surface area (Å²) >= 11 is 13.1. The molecule has 1 heterocycles. The van der Waals surface area contributed by atoms with Gasteiger partial charge in [0.05, 0.1) is 10.0 Å². The van der Waals surface area contributed by atoms with Gasteiger partial charge in [-0.1, -0.05) is 29.3 Å². The summed E-state index contributed by atoms with van der Waals surface area (Å²) in [5.74, 6) is 0.291. The Labute approximate surface area is 181 Å². The quantitative estimate of drug-likeness (QED) is 0.481. The molecule has 3 aromatic rings. The molecule has 0 spiro atoms. The molecule has 1 aromatic heterocycles. The van der Waals surface area contributed by atoms with Crippen LogP contribution in [-0.2, 0) is 6.61 Å². The third-order valence-electron chi connectivity index (χ3n) is 4.55. The van der Waals surface area contributed by atoms with Gasteiger partial charge in [-0.25, -0.2) is 9.37 Å². The predicted molar refractivity (Wildman–Crippen MR) is 113 cm³/mol. The van der Waals surface area contributed by atoms with Crippen molar-refractivity contribution >= 4 is 40.4 Å². The molecular weight excluding hydrogens is 434 g/mol. The van der Waals surface area contributed by atoms with Crippen molar-refractivity contribution in [2.24, 2.45) is 5.92 Å². The number of rotatable bonds is 7. The van der Waals surface area contributed by atoms with Crippen molar-refractivity contribution in [3.8, 4) is 16.3 Å². The molecule has 8 heteroatoms. The molecule has 1 fully saturated rings. The van der Waals surface area contributed by atoms with Crippen molar-refractivity contribution in [1.82, 2.24) is 10.3 Å². The molecule has 0 aliphatic heterocycles. The van der Waals surface area contributed by atoms with Gasteiger partial charge < -0.3 is 10.1 Å². The van der Waals surface area contributed by atoms with Crippen molar-refractivity contribution in [2.75, 3.05) is 6.54 Å². The number of carbonyl (C=O) groups excluding carboxylic acids is 1. The average molecular weight is 451 g/mol. The predicted octanol–water partition coefficient (Wildman–Crippen LogP) is 5.97. The molecule has 1 amide bonds. The van der Waals surface area contributed by atoms with E-state index in [4.69, 9.17) is 27.9 Å². The Morgan fingerprint density at radius 1 is 1.21 bits per heavy atom. The Bertz CT molecular complexity index is 1050. The van der Waals surface area contributed by atoms with E-state index in [0.29, 0.717) is 44.5 Å². The minimum Gasteiger partial charge on any atom is -0.489 e. The molecule has 0 radical (unpaired) electrons. The number of hydrogen-bond acceptors (Lipinski definition) is 4. The van der Waals surface area contributed by atoms with Crippen LogP contribution in [0.1, 0.15) is 28.9 Å². The van der Waals surface area contributed by atoms with Crippen molar-refractivity contribution < 1.29 is 13.9 Å². The van der Waals surface area contributed by atoms with Crippen LogP contribution in [0.25, 0.3) is 10.6 Å². The van der Waals surface area contributed by atoms with Gasteiger partial charge in [-0.05, 0) is 48.6 Å². The lowest BCUT2D eigenvalue weighted by molar-refractivity contribution is 0.0947. The van der Waals surface area contributed by atoms with E-state index in [1.807, 2.05) is 0 Å². The molecule has 0 unspecified atom stereocenters. The van der Waals surface area contributed by atoms with Crippen molar-refractivity contribution in [3.05, 3.63) is 68.9 Å². The number of carbonyl (C=O) groups is 1. The molecule has 0 saturated heterocycles. The maximum atomic E-state index is 14.6. The van der Waals surface area contributed by atoms with E-state index < -0.39 is 5.82 Å². The zero-order chi connectivity index (χ0) is 20.4. The van der Waals surface area contributed by atoms with Crippen LogP contribution in [0.5, 0.6) is 5.75 Å². The average Bonchev–Trinajstić information content (AvgIpc) is 3.41. The molecular formula is C21H17Cl2FN2O2S. The maximum Gasteiger partial charge on any atom is 0.270 e. The fraction of sp³-hybridized carbons (Fsp3) is 0.238. The number of halogens is 3. The Morgan fingerprint density at radius 2 is 2.03 bits per heavy atom. The van der Waals surface area contributed by atoms with Crippen molar-refractivity contribution in [1.29, 1.82) is 0 Å². The summed E-state index contributed by atoms with van der Waals surface area (Å²) in [6.45, 7) is 0.906. The first-order valence-electron chi connectivity index (χ1n) is 9.10. The Kier molecular flexibility index (Phi) is 6.04. The van der Waals surface area contributed by atoms with E-state index in [-0.39, 0.29) is 12.5 Å². The fourth-order valence-corrected chi connectivity index (χ4v) is 3.85. The second kappa shape index (κ2) is 8.69. The molecule has 1 saturated carbocycles. The van der Waals surface area contributed by atoms with E-state index in [9.17, 15) is 9.18 Å². The SMILES string of the molecule is O=C(NCC1CC1)c1csc(-c2ccc(OCc3ccc(Cl)c(Cl)c3)cc2F)n1. The largest absolute Gasteiger partial charge is 0.489 e. The highest BCUT2D eigenvalue weighted by Gasteiger charge is 2.22. The zero-order valence-electron chi connectivity index (χ0n) is 15.3. The summed E-state index contributed by atoms with van der Waals surface area (Å²) in [7, 11) is 0. The molecule has 4 nitrogen and oxygen atoms in total. The van der Waals surface area contributed by atoms with Crippen LogP contribution in [0.2, 0.25) is 10.0 Å². The van der Waals surface area contributed by atoms with Crippen LogP contribution in [0.3, 0.4) is 0 Å². The van der Waals surface area contributed by atoms with Crippen molar-refractivity contribution in [2.45, 2.75) is 19.4 Å². The number of benzene rings is 2. The number of nitrogens with one attached hydrogen (secondary N) is 1. The van der Waals surface area contributed by atoms with E-state index in [0.717, 1.165) is 18.4 Å². The van der Waals surface area contributed by atoms with Crippen molar-refractivity contribution in [3.63, 3.8) is 0 Å². The van der Waals surface area contributed by atoms with Crippen LogP contribution >= 0.6 is 34.5 Å².